The Hall–Kier alpha value is -1.06. The zero-order valence-electron chi connectivity index (χ0n) is 11.9. The first-order chi connectivity index (χ1) is 9.20. The first-order valence-corrected chi connectivity index (χ1v) is 7.49. The van der Waals surface area contributed by atoms with E-state index in [0.717, 1.165) is 24.7 Å². The van der Waals surface area contributed by atoms with E-state index in [1.54, 1.807) is 0 Å². The number of piperidine rings is 1. The fourth-order valence-electron chi connectivity index (χ4n) is 3.36. The highest BCUT2D eigenvalue weighted by atomic mass is 15.1. The molecule has 2 aliphatic rings. The van der Waals surface area contributed by atoms with Crippen molar-refractivity contribution in [1.29, 1.82) is 0 Å². The quantitative estimate of drug-likeness (QED) is 0.846. The van der Waals surface area contributed by atoms with Gasteiger partial charge in [0.1, 0.15) is 0 Å². The van der Waals surface area contributed by atoms with Crippen LogP contribution in [0.25, 0.3) is 0 Å². The summed E-state index contributed by atoms with van der Waals surface area (Å²) in [5.41, 5.74) is 9.66. The molecule has 19 heavy (non-hydrogen) atoms. The van der Waals surface area contributed by atoms with Crippen molar-refractivity contribution in [1.82, 2.24) is 9.80 Å². The van der Waals surface area contributed by atoms with Crippen LogP contribution in [0.4, 0.5) is 5.69 Å². The van der Waals surface area contributed by atoms with Gasteiger partial charge in [0.15, 0.2) is 0 Å². The lowest BCUT2D eigenvalue weighted by Gasteiger charge is -2.30. The molecule has 3 rings (SSSR count). The minimum Gasteiger partial charge on any atom is -0.399 e. The molecular formula is C16H25N3. The van der Waals surface area contributed by atoms with Gasteiger partial charge >= 0.3 is 0 Å². The number of nitrogens with two attached hydrogens (primary N) is 1. The van der Waals surface area contributed by atoms with Crippen molar-refractivity contribution in [3.63, 3.8) is 0 Å². The van der Waals surface area contributed by atoms with Crippen molar-refractivity contribution in [2.24, 2.45) is 5.92 Å². The number of anilines is 1. The number of nitrogens with zero attached hydrogens (tertiary/aromatic N) is 2. The molecule has 0 bridgehead atoms. The van der Waals surface area contributed by atoms with Crippen LogP contribution in [0.1, 0.15) is 30.4 Å². The molecule has 3 heteroatoms. The van der Waals surface area contributed by atoms with Crippen molar-refractivity contribution in [2.75, 3.05) is 32.4 Å². The van der Waals surface area contributed by atoms with Gasteiger partial charge in [-0.25, -0.2) is 0 Å². The number of hydrogen-bond donors (Lipinski definition) is 1. The van der Waals surface area contributed by atoms with Gasteiger partial charge in [0.05, 0.1) is 0 Å². The topological polar surface area (TPSA) is 32.5 Å². The van der Waals surface area contributed by atoms with Gasteiger partial charge in [-0.3, -0.25) is 4.90 Å². The van der Waals surface area contributed by atoms with Gasteiger partial charge in [0.2, 0.25) is 0 Å². The highest BCUT2D eigenvalue weighted by molar-refractivity contribution is 5.46. The Morgan fingerprint density at radius 3 is 2.68 bits per heavy atom. The highest BCUT2D eigenvalue weighted by Gasteiger charge is 2.21. The molecule has 0 saturated carbocycles. The van der Waals surface area contributed by atoms with Crippen molar-refractivity contribution in [2.45, 2.75) is 32.4 Å². The lowest BCUT2D eigenvalue weighted by atomic mass is 9.94. The highest BCUT2D eigenvalue weighted by Crippen LogP contribution is 2.26. The largest absolute Gasteiger partial charge is 0.399 e. The van der Waals surface area contributed by atoms with Crippen LogP contribution in [0.5, 0.6) is 0 Å². The summed E-state index contributed by atoms with van der Waals surface area (Å²) in [5.74, 6) is 0.935. The Bertz CT molecular complexity index is 436. The van der Waals surface area contributed by atoms with E-state index in [1.165, 1.54) is 50.0 Å². The van der Waals surface area contributed by atoms with E-state index < -0.39 is 0 Å². The maximum atomic E-state index is 5.86. The third-order valence-electron chi connectivity index (χ3n) is 4.71. The van der Waals surface area contributed by atoms with Gasteiger partial charge in [-0.15, -0.1) is 0 Å². The molecule has 1 fully saturated rings. The predicted molar refractivity (Wildman–Crippen MR) is 79.8 cm³/mol. The number of hydrogen-bond acceptors (Lipinski definition) is 3. The van der Waals surface area contributed by atoms with E-state index in [9.17, 15) is 0 Å². The summed E-state index contributed by atoms with van der Waals surface area (Å²) in [7, 11) is 2.23. The lowest BCUT2D eigenvalue weighted by Crippen LogP contribution is -2.31. The molecule has 1 aromatic carbocycles. The van der Waals surface area contributed by atoms with E-state index >= 15 is 0 Å². The average molecular weight is 259 g/mol. The Morgan fingerprint density at radius 1 is 1.16 bits per heavy atom. The number of nitrogen functional groups attached to an aromatic ring is 1. The molecule has 0 unspecified atom stereocenters. The Labute approximate surface area is 116 Å². The maximum absolute atomic E-state index is 5.86. The molecule has 1 aromatic rings. The lowest BCUT2D eigenvalue weighted by molar-refractivity contribution is 0.186. The predicted octanol–water partition coefficient (Wildman–Crippen LogP) is 2.32. The fourth-order valence-corrected chi connectivity index (χ4v) is 3.36. The van der Waals surface area contributed by atoms with Gasteiger partial charge < -0.3 is 10.6 Å². The van der Waals surface area contributed by atoms with Crippen molar-refractivity contribution >= 4 is 5.69 Å². The summed E-state index contributed by atoms with van der Waals surface area (Å²) < 4.78 is 0. The Morgan fingerprint density at radius 2 is 1.89 bits per heavy atom. The second kappa shape index (κ2) is 5.51. The average Bonchev–Trinajstić information content (AvgIpc) is 2.80. The summed E-state index contributed by atoms with van der Waals surface area (Å²) >= 11 is 0. The molecule has 1 saturated heterocycles. The second-order valence-corrected chi connectivity index (χ2v) is 6.27. The van der Waals surface area contributed by atoms with E-state index in [0.29, 0.717) is 0 Å². The van der Waals surface area contributed by atoms with Crippen molar-refractivity contribution in [3.8, 4) is 0 Å². The molecule has 3 nitrogen and oxygen atoms in total. The molecule has 2 aliphatic heterocycles. The molecule has 0 aromatic heterocycles. The van der Waals surface area contributed by atoms with Gasteiger partial charge in [0.25, 0.3) is 0 Å². The summed E-state index contributed by atoms with van der Waals surface area (Å²) in [6.45, 7) is 6.00. The van der Waals surface area contributed by atoms with Gasteiger partial charge in [-0.2, -0.15) is 0 Å². The van der Waals surface area contributed by atoms with Crippen molar-refractivity contribution in [3.05, 3.63) is 29.3 Å². The van der Waals surface area contributed by atoms with E-state index in [2.05, 4.69) is 29.0 Å². The first kappa shape index (κ1) is 12.9. The van der Waals surface area contributed by atoms with Crippen LogP contribution >= 0.6 is 0 Å². The molecule has 0 atom stereocenters. The standard InChI is InChI=1S/C16H25N3/c1-18-7-4-13(5-8-18)6-9-19-11-14-2-3-16(17)10-15(14)12-19/h2-3,10,13H,4-9,11-12,17H2,1H3. The molecule has 2 N–H and O–H groups in total. The molecule has 0 aliphatic carbocycles. The fraction of sp³-hybridized carbons (Fsp3) is 0.625. The van der Waals surface area contributed by atoms with E-state index in [4.69, 9.17) is 5.73 Å². The number of rotatable bonds is 3. The smallest absolute Gasteiger partial charge is 0.0317 e. The Balaban J connectivity index is 1.48. The molecule has 0 spiro atoms. The second-order valence-electron chi connectivity index (χ2n) is 6.27. The van der Waals surface area contributed by atoms with E-state index in [1.807, 2.05) is 6.07 Å². The summed E-state index contributed by atoms with van der Waals surface area (Å²) in [6, 6.07) is 6.37. The van der Waals surface area contributed by atoms with Crippen LogP contribution in [0.2, 0.25) is 0 Å². The van der Waals surface area contributed by atoms with Crippen LogP contribution in [0.15, 0.2) is 18.2 Å². The Kier molecular flexibility index (Phi) is 3.76. The normalized spacial score (nSPS) is 21.7. The summed E-state index contributed by atoms with van der Waals surface area (Å²) in [4.78, 5) is 5.02. The summed E-state index contributed by atoms with van der Waals surface area (Å²) in [5, 5.41) is 0. The van der Waals surface area contributed by atoms with Gasteiger partial charge in [0, 0.05) is 18.8 Å². The van der Waals surface area contributed by atoms with Crippen LogP contribution in [0, 0.1) is 5.92 Å². The summed E-state index contributed by atoms with van der Waals surface area (Å²) in [6.07, 6.45) is 4.12. The number of fused-ring (bicyclic) bond motifs is 1. The van der Waals surface area contributed by atoms with Gasteiger partial charge in [-0.1, -0.05) is 6.07 Å². The minimum absolute atomic E-state index is 0.899. The van der Waals surface area contributed by atoms with Crippen molar-refractivity contribution < 1.29 is 0 Å². The van der Waals surface area contributed by atoms with E-state index in [-0.39, 0.29) is 0 Å². The molecular weight excluding hydrogens is 234 g/mol. The number of likely N-dealkylation sites (tertiary alicyclic amines) is 1. The first-order valence-electron chi connectivity index (χ1n) is 7.49. The number of benzene rings is 1. The zero-order valence-corrected chi connectivity index (χ0v) is 11.9. The third-order valence-corrected chi connectivity index (χ3v) is 4.71. The molecule has 0 radical (unpaired) electrons. The molecule has 2 heterocycles. The molecule has 0 amide bonds. The van der Waals surface area contributed by atoms with Crippen LogP contribution < -0.4 is 5.73 Å². The minimum atomic E-state index is 0.899. The van der Waals surface area contributed by atoms with Gasteiger partial charge in [-0.05, 0) is 75.1 Å². The maximum Gasteiger partial charge on any atom is 0.0317 e. The van der Waals surface area contributed by atoms with Crippen LogP contribution in [-0.2, 0) is 13.1 Å². The SMILES string of the molecule is CN1CCC(CCN2Cc3ccc(N)cc3C2)CC1. The molecule has 104 valence electrons. The monoisotopic (exact) mass is 259 g/mol. The third kappa shape index (κ3) is 3.10. The zero-order chi connectivity index (χ0) is 13.2. The van der Waals surface area contributed by atoms with Crippen LogP contribution in [-0.4, -0.2) is 36.5 Å². The van der Waals surface area contributed by atoms with Crippen LogP contribution in [0.3, 0.4) is 0 Å².